The lowest BCUT2D eigenvalue weighted by atomic mass is 10.1. The van der Waals surface area contributed by atoms with E-state index in [1.165, 1.54) is 21.6 Å². The van der Waals surface area contributed by atoms with Crippen molar-refractivity contribution in [3.63, 3.8) is 0 Å². The quantitative estimate of drug-likeness (QED) is 0.357. The van der Waals surface area contributed by atoms with E-state index in [0.717, 1.165) is 11.8 Å². The van der Waals surface area contributed by atoms with E-state index in [9.17, 15) is 18.3 Å². The highest BCUT2D eigenvalue weighted by atomic mass is 19.4. The second-order valence-corrected chi connectivity index (χ2v) is 8.24. The van der Waals surface area contributed by atoms with Crippen LogP contribution in [-0.2, 0) is 12.7 Å². The van der Waals surface area contributed by atoms with Crippen LogP contribution in [0.15, 0.2) is 55.4 Å². The lowest BCUT2D eigenvalue weighted by Gasteiger charge is -2.12. The molecule has 0 aliphatic heterocycles. The van der Waals surface area contributed by atoms with Gasteiger partial charge in [0.25, 0.3) is 0 Å². The molecule has 36 heavy (non-hydrogen) atoms. The van der Waals surface area contributed by atoms with E-state index in [1.807, 2.05) is 0 Å². The number of aromatic hydroxyl groups is 1. The first-order valence-corrected chi connectivity index (χ1v) is 10.9. The van der Waals surface area contributed by atoms with Crippen LogP contribution in [0.1, 0.15) is 31.1 Å². The topological polar surface area (TPSA) is 119 Å². The highest BCUT2D eigenvalue weighted by molar-refractivity contribution is 5.68. The number of nitrogens with one attached hydrogen (secondary N) is 1. The van der Waals surface area contributed by atoms with E-state index < -0.39 is 11.9 Å². The van der Waals surface area contributed by atoms with E-state index in [2.05, 4.69) is 35.3 Å². The fourth-order valence-electron chi connectivity index (χ4n) is 3.64. The number of nitrogens with zero attached hydrogens (tertiary/aromatic N) is 8. The summed E-state index contributed by atoms with van der Waals surface area (Å²) in [7, 11) is 0. The third kappa shape index (κ3) is 4.42. The van der Waals surface area contributed by atoms with Crippen molar-refractivity contribution in [1.29, 1.82) is 0 Å². The number of aromatic nitrogens is 8. The van der Waals surface area contributed by atoms with Gasteiger partial charge in [0, 0.05) is 42.9 Å². The molecule has 0 spiro atoms. The zero-order valence-corrected chi connectivity index (χ0v) is 19.1. The second-order valence-electron chi connectivity index (χ2n) is 8.24. The molecule has 0 aliphatic carbocycles. The van der Waals surface area contributed by atoms with E-state index >= 15 is 0 Å². The van der Waals surface area contributed by atoms with Crippen LogP contribution in [0.5, 0.6) is 5.88 Å². The first-order chi connectivity index (χ1) is 17.2. The fraction of sp³-hybridized carbons (Fsp3) is 0.217. The molecule has 5 aromatic rings. The molecule has 10 nitrogen and oxygen atoms in total. The van der Waals surface area contributed by atoms with Gasteiger partial charge < -0.3 is 15.0 Å². The normalized spacial score (nSPS) is 11.9. The lowest BCUT2D eigenvalue weighted by Crippen LogP contribution is -2.07. The fourth-order valence-corrected chi connectivity index (χ4v) is 3.64. The molecule has 0 fully saturated rings. The Kier molecular flexibility index (Phi) is 5.74. The Balaban J connectivity index is 1.40. The first kappa shape index (κ1) is 23.2. The maximum Gasteiger partial charge on any atom is 0.434 e. The van der Waals surface area contributed by atoms with Gasteiger partial charge in [0.2, 0.25) is 5.88 Å². The van der Waals surface area contributed by atoms with Crippen LogP contribution in [0.4, 0.5) is 19.0 Å². The van der Waals surface area contributed by atoms with Gasteiger partial charge in [-0.15, -0.1) is 5.10 Å². The van der Waals surface area contributed by atoms with Crippen molar-refractivity contribution in [3.05, 3.63) is 66.6 Å². The Labute approximate surface area is 202 Å². The summed E-state index contributed by atoms with van der Waals surface area (Å²) >= 11 is 0. The van der Waals surface area contributed by atoms with Gasteiger partial charge in [0.05, 0.1) is 0 Å². The van der Waals surface area contributed by atoms with Crippen molar-refractivity contribution >= 4 is 11.5 Å². The SMILES string of the molecule is CC(C)n1cc(C(F)(F)F)nc1-c1ccc(CNc2nc(-c3cncnc3O)nn3ccnc23)cc1. The van der Waals surface area contributed by atoms with Crippen molar-refractivity contribution in [1.82, 2.24) is 39.1 Å². The van der Waals surface area contributed by atoms with Crippen molar-refractivity contribution in [2.24, 2.45) is 0 Å². The Morgan fingerprint density at radius 1 is 1.08 bits per heavy atom. The molecule has 0 radical (unpaired) electrons. The van der Waals surface area contributed by atoms with Gasteiger partial charge in [-0.3, -0.25) is 0 Å². The number of fused-ring (bicyclic) bond motifs is 1. The van der Waals surface area contributed by atoms with Gasteiger partial charge in [-0.2, -0.15) is 13.2 Å². The zero-order chi connectivity index (χ0) is 25.4. The Hall–Kier alpha value is -4.55. The molecule has 5 rings (SSSR count). The molecule has 0 saturated carbocycles. The van der Waals surface area contributed by atoms with Crippen LogP contribution in [0.25, 0.3) is 28.4 Å². The van der Waals surface area contributed by atoms with Gasteiger partial charge in [-0.05, 0) is 19.4 Å². The number of rotatable bonds is 6. The molecule has 184 valence electrons. The summed E-state index contributed by atoms with van der Waals surface area (Å²) in [5.74, 6) is 0.626. The highest BCUT2D eigenvalue weighted by Gasteiger charge is 2.35. The van der Waals surface area contributed by atoms with Crippen molar-refractivity contribution in [3.8, 4) is 28.7 Å². The summed E-state index contributed by atoms with van der Waals surface area (Å²) in [5, 5.41) is 17.6. The Morgan fingerprint density at radius 3 is 2.56 bits per heavy atom. The predicted octanol–water partition coefficient (Wildman–Crippen LogP) is 4.36. The van der Waals surface area contributed by atoms with Crippen molar-refractivity contribution in [2.45, 2.75) is 32.6 Å². The molecule has 0 saturated heterocycles. The number of benzene rings is 1. The minimum atomic E-state index is -4.52. The Morgan fingerprint density at radius 2 is 1.86 bits per heavy atom. The third-order valence-electron chi connectivity index (χ3n) is 5.44. The molecule has 2 N–H and O–H groups in total. The minimum Gasteiger partial charge on any atom is -0.493 e. The van der Waals surface area contributed by atoms with Crippen LogP contribution < -0.4 is 5.32 Å². The van der Waals surface area contributed by atoms with E-state index in [-0.39, 0.29) is 29.1 Å². The minimum absolute atomic E-state index is 0.191. The third-order valence-corrected chi connectivity index (χ3v) is 5.44. The molecule has 0 bridgehead atoms. The molecule has 4 heterocycles. The number of halogens is 3. The van der Waals surface area contributed by atoms with Gasteiger partial charge in [0.15, 0.2) is 23.0 Å². The number of anilines is 1. The van der Waals surface area contributed by atoms with E-state index in [0.29, 0.717) is 23.6 Å². The van der Waals surface area contributed by atoms with Crippen molar-refractivity contribution in [2.75, 3.05) is 5.32 Å². The van der Waals surface area contributed by atoms with Crippen LogP contribution in [0.2, 0.25) is 0 Å². The monoisotopic (exact) mass is 495 g/mol. The van der Waals surface area contributed by atoms with Crippen LogP contribution in [-0.4, -0.2) is 44.2 Å². The molecule has 13 heteroatoms. The van der Waals surface area contributed by atoms with Gasteiger partial charge in [0.1, 0.15) is 17.7 Å². The van der Waals surface area contributed by atoms with E-state index in [1.54, 1.807) is 50.5 Å². The molecular formula is C23H20F3N9O. The summed E-state index contributed by atoms with van der Waals surface area (Å²) < 4.78 is 42.7. The van der Waals surface area contributed by atoms with Gasteiger partial charge >= 0.3 is 6.18 Å². The molecule has 1 aromatic carbocycles. The summed E-state index contributed by atoms with van der Waals surface area (Å²) in [6.07, 6.45) is 2.36. The average molecular weight is 495 g/mol. The molecule has 0 unspecified atom stereocenters. The summed E-state index contributed by atoms with van der Waals surface area (Å²) in [5.41, 5.74) is 1.25. The number of hydrogen-bond donors (Lipinski definition) is 2. The van der Waals surface area contributed by atoms with Crippen LogP contribution in [0, 0.1) is 0 Å². The molecule has 4 aromatic heterocycles. The lowest BCUT2D eigenvalue weighted by molar-refractivity contribution is -0.140. The average Bonchev–Trinajstić information content (AvgIpc) is 3.51. The highest BCUT2D eigenvalue weighted by Crippen LogP contribution is 2.32. The standard InChI is InChI=1S/C23H20F3N9O/c1-13(2)34-11-17(23(24,25)26)31-20(34)15-5-3-14(4-6-15)9-29-19-21-28-7-8-35(21)33-18(32-19)16-10-27-12-30-22(16)36/h3-8,10-13H,9H2,1-2H3,(H,27,30,36)(H,29,32,33). The Bertz CT molecular complexity index is 1520. The van der Waals surface area contributed by atoms with Gasteiger partial charge in [-0.1, -0.05) is 24.3 Å². The first-order valence-electron chi connectivity index (χ1n) is 10.9. The maximum atomic E-state index is 13.2. The number of alkyl halides is 3. The van der Waals surface area contributed by atoms with Crippen LogP contribution >= 0.6 is 0 Å². The largest absolute Gasteiger partial charge is 0.493 e. The molecule has 0 amide bonds. The van der Waals surface area contributed by atoms with Gasteiger partial charge in [-0.25, -0.2) is 29.4 Å². The van der Waals surface area contributed by atoms with Crippen molar-refractivity contribution < 1.29 is 18.3 Å². The zero-order valence-electron chi connectivity index (χ0n) is 19.1. The molecular weight excluding hydrogens is 475 g/mol. The number of hydrogen-bond acceptors (Lipinski definition) is 8. The summed E-state index contributed by atoms with van der Waals surface area (Å²) in [6.45, 7) is 3.96. The predicted molar refractivity (Wildman–Crippen MR) is 124 cm³/mol. The smallest absolute Gasteiger partial charge is 0.434 e. The molecule has 0 aliphatic rings. The molecule has 0 atom stereocenters. The van der Waals surface area contributed by atoms with Crippen LogP contribution in [0.3, 0.4) is 0 Å². The van der Waals surface area contributed by atoms with E-state index in [4.69, 9.17) is 0 Å². The number of imidazole rings is 2. The summed E-state index contributed by atoms with van der Waals surface area (Å²) in [4.78, 5) is 20.3. The maximum absolute atomic E-state index is 13.2. The second kappa shape index (κ2) is 8.91. The summed E-state index contributed by atoms with van der Waals surface area (Å²) in [6, 6.07) is 6.87.